The van der Waals surface area contributed by atoms with Crippen molar-refractivity contribution in [2.24, 2.45) is 0 Å². The second-order valence-corrected chi connectivity index (χ2v) is 12.7. The van der Waals surface area contributed by atoms with Crippen LogP contribution in [-0.4, -0.2) is 47.3 Å². The largest absolute Gasteiger partial charge is 4.00 e. The Balaban J connectivity index is 0.00000113. The monoisotopic (exact) mass is 839 g/mol. The Bertz CT molecular complexity index is 1560. The fraction of sp³-hybridized carbons (Fsp3) is 0.372. The van der Waals surface area contributed by atoms with Crippen LogP contribution < -0.4 is 0 Å². The van der Waals surface area contributed by atoms with Gasteiger partial charge in [-0.25, -0.2) is 4.98 Å². The van der Waals surface area contributed by atoms with Gasteiger partial charge in [0.2, 0.25) is 0 Å². The second kappa shape index (κ2) is 23.2. The minimum absolute atomic E-state index is 0. The fourth-order valence-electron chi connectivity index (χ4n) is 5.69. The van der Waals surface area contributed by atoms with Crippen LogP contribution in [-0.2, 0) is 25.8 Å². The molecular formula is C43H57HfN5O. The molecule has 6 nitrogen and oxygen atoms in total. The van der Waals surface area contributed by atoms with E-state index < -0.39 is 6.04 Å². The van der Waals surface area contributed by atoms with Crippen molar-refractivity contribution < 1.29 is 30.3 Å². The van der Waals surface area contributed by atoms with Crippen molar-refractivity contribution >= 4 is 5.69 Å². The third-order valence-electron chi connectivity index (χ3n) is 7.57. The molecule has 0 fully saturated rings. The third kappa shape index (κ3) is 12.4. The summed E-state index contributed by atoms with van der Waals surface area (Å²) in [5.41, 5.74) is 11.2. The average Bonchev–Trinajstić information content (AvgIpc) is 3.51. The third-order valence-corrected chi connectivity index (χ3v) is 7.57. The van der Waals surface area contributed by atoms with Crippen LogP contribution in [0.1, 0.15) is 84.8 Å². The summed E-state index contributed by atoms with van der Waals surface area (Å²) in [6, 6.07) is 31.2. The molecule has 0 N–H and O–H groups in total. The van der Waals surface area contributed by atoms with Crippen molar-refractivity contribution in [3.05, 3.63) is 152 Å². The van der Waals surface area contributed by atoms with Crippen molar-refractivity contribution in [3.63, 3.8) is 0 Å². The van der Waals surface area contributed by atoms with Gasteiger partial charge in [0.05, 0.1) is 0 Å². The van der Waals surface area contributed by atoms with Crippen molar-refractivity contribution in [3.8, 4) is 22.6 Å². The molecule has 7 heteroatoms. The maximum Gasteiger partial charge on any atom is 4.00 e. The molecule has 1 aromatic heterocycles. The standard InChI is InChI=1S/C37H39N2O.3C2H6N.Hf/c1-23(2)30-19-14-20-31(24(3)4)34(30)38-35(32-26(6)21-25(5)22-27(32)7)37-39-33(28-15-10-8-11-16-28)36(40-37)29-17-12-9-13-18-29;3*1-3-2;/h8-24,35H,1-7H3;3*1-2H3;/q4*-1;+4. The number of hydrogen-bond acceptors (Lipinski definition) is 2. The predicted molar refractivity (Wildman–Crippen MR) is 213 cm³/mol. The predicted octanol–water partition coefficient (Wildman–Crippen LogP) is 12.8. The second-order valence-electron chi connectivity index (χ2n) is 12.7. The smallest absolute Gasteiger partial charge is 0.670 e. The van der Waals surface area contributed by atoms with Gasteiger partial charge < -0.3 is 25.7 Å². The molecule has 0 aliphatic heterocycles. The summed E-state index contributed by atoms with van der Waals surface area (Å²) < 4.78 is 6.78. The van der Waals surface area contributed by atoms with E-state index in [2.05, 4.69) is 119 Å². The number of aryl methyl sites for hydroxylation is 3. The van der Waals surface area contributed by atoms with E-state index in [0.29, 0.717) is 17.7 Å². The summed E-state index contributed by atoms with van der Waals surface area (Å²) in [5.74, 6) is 2.05. The first-order chi connectivity index (χ1) is 23.5. The quantitative estimate of drug-likeness (QED) is 0.146. The maximum atomic E-state index is 6.78. The Kier molecular flexibility index (Phi) is 20.7. The molecule has 0 aliphatic rings. The van der Waals surface area contributed by atoms with Crippen LogP contribution in [0.15, 0.2) is 95.4 Å². The first kappa shape index (κ1) is 44.7. The number of oxazole rings is 1. The van der Waals surface area contributed by atoms with Crippen LogP contribution in [0.4, 0.5) is 5.69 Å². The Labute approximate surface area is 322 Å². The number of hydrogen-bond donors (Lipinski definition) is 0. The number of aromatic nitrogens is 1. The van der Waals surface area contributed by atoms with E-state index in [9.17, 15) is 0 Å². The summed E-state index contributed by atoms with van der Waals surface area (Å²) in [6.07, 6.45) is 0. The molecule has 1 heterocycles. The number of rotatable bonds is 8. The molecule has 264 valence electrons. The average molecular weight is 838 g/mol. The van der Waals surface area contributed by atoms with Gasteiger partial charge in [-0.2, -0.15) is 42.3 Å². The number of benzene rings is 4. The van der Waals surface area contributed by atoms with E-state index in [4.69, 9.17) is 14.7 Å². The zero-order valence-corrected chi connectivity index (χ0v) is 36.1. The maximum absolute atomic E-state index is 6.78. The summed E-state index contributed by atoms with van der Waals surface area (Å²) in [4.78, 5) is 5.22. The Morgan fingerprint density at radius 3 is 1.42 bits per heavy atom. The minimum atomic E-state index is -0.391. The molecule has 0 bridgehead atoms. The normalized spacial score (nSPS) is 10.9. The van der Waals surface area contributed by atoms with Gasteiger partial charge in [0.1, 0.15) is 5.69 Å². The first-order valence-corrected chi connectivity index (χ1v) is 17.0. The van der Waals surface area contributed by atoms with Gasteiger partial charge in [-0.05, 0) is 55.3 Å². The Morgan fingerprint density at radius 1 is 0.580 bits per heavy atom. The molecule has 0 radical (unpaired) electrons. The van der Waals surface area contributed by atoms with Crippen molar-refractivity contribution in [2.45, 2.75) is 66.3 Å². The zero-order valence-electron chi connectivity index (χ0n) is 32.5. The molecule has 4 aromatic carbocycles. The van der Waals surface area contributed by atoms with E-state index in [-0.39, 0.29) is 25.8 Å². The summed E-state index contributed by atoms with van der Waals surface area (Å²) in [5, 5.41) is 16.1. The van der Waals surface area contributed by atoms with Gasteiger partial charge in [0, 0.05) is 11.1 Å². The van der Waals surface area contributed by atoms with Gasteiger partial charge in [0.15, 0.2) is 11.7 Å². The Morgan fingerprint density at radius 2 is 1.00 bits per heavy atom. The van der Waals surface area contributed by atoms with E-state index in [1.165, 1.54) is 27.8 Å². The number of nitrogens with zero attached hydrogens (tertiary/aromatic N) is 5. The van der Waals surface area contributed by atoms with Crippen molar-refractivity contribution in [2.75, 3.05) is 42.3 Å². The van der Waals surface area contributed by atoms with E-state index in [1.54, 1.807) is 42.3 Å². The van der Waals surface area contributed by atoms with Crippen LogP contribution in [0.3, 0.4) is 0 Å². The molecular weight excluding hydrogens is 781 g/mol. The molecule has 5 aromatic rings. The molecule has 50 heavy (non-hydrogen) atoms. The van der Waals surface area contributed by atoms with Gasteiger partial charge in [-0.15, -0.1) is 5.69 Å². The van der Waals surface area contributed by atoms with Crippen LogP contribution in [0, 0.1) is 20.8 Å². The van der Waals surface area contributed by atoms with Gasteiger partial charge in [-0.1, -0.05) is 135 Å². The Hall–Kier alpha value is -3.36. The molecule has 0 amide bonds. The molecule has 1 atom stereocenters. The van der Waals surface area contributed by atoms with E-state index >= 15 is 0 Å². The first-order valence-electron chi connectivity index (χ1n) is 17.0. The summed E-state index contributed by atoms with van der Waals surface area (Å²) in [7, 11) is 10.5. The van der Waals surface area contributed by atoms with Crippen LogP contribution >= 0.6 is 0 Å². The molecule has 0 aliphatic carbocycles. The molecule has 1 unspecified atom stereocenters. The van der Waals surface area contributed by atoms with Gasteiger partial charge in [0.25, 0.3) is 0 Å². The molecule has 5 rings (SSSR count). The molecule has 0 saturated heterocycles. The SMILES string of the molecule is C[N-]C.C[N-]C.C[N-]C.Cc1cc(C)c(C([N-]c2c(C(C)C)cccc2C(C)C)c2nc(-c3ccccc3)c(-c3ccccc3)o2)c(C)c1.[Hf+4]. The van der Waals surface area contributed by atoms with Crippen molar-refractivity contribution in [1.82, 2.24) is 4.98 Å². The van der Waals surface area contributed by atoms with Gasteiger partial charge >= 0.3 is 25.8 Å². The van der Waals surface area contributed by atoms with Crippen LogP contribution in [0.5, 0.6) is 0 Å². The molecule has 0 saturated carbocycles. The molecule has 0 spiro atoms. The fourth-order valence-corrected chi connectivity index (χ4v) is 5.69. The topological polar surface area (TPSA) is 82.4 Å². The minimum Gasteiger partial charge on any atom is -0.670 e. The summed E-state index contributed by atoms with van der Waals surface area (Å²) in [6.45, 7) is 15.4. The van der Waals surface area contributed by atoms with Crippen molar-refractivity contribution in [1.29, 1.82) is 0 Å². The van der Waals surface area contributed by atoms with E-state index in [1.807, 2.05) is 36.4 Å². The van der Waals surface area contributed by atoms with E-state index in [0.717, 1.165) is 33.8 Å². The summed E-state index contributed by atoms with van der Waals surface area (Å²) >= 11 is 0. The van der Waals surface area contributed by atoms with Crippen LogP contribution in [0.2, 0.25) is 0 Å². The number of para-hydroxylation sites is 1. The zero-order chi connectivity index (χ0) is 36.5. The van der Waals surface area contributed by atoms with Gasteiger partial charge in [-0.3, -0.25) is 0 Å². The van der Waals surface area contributed by atoms with Crippen LogP contribution in [0.25, 0.3) is 43.8 Å².